The molecule has 0 aliphatic carbocycles. The van der Waals surface area contributed by atoms with Crippen molar-refractivity contribution in [3.8, 4) is 28.7 Å². The number of carbonyl (C=O) groups is 1. The Bertz CT molecular complexity index is 1070. The third-order valence-corrected chi connectivity index (χ3v) is 5.22. The Hall–Kier alpha value is -3.67. The molecule has 4 N–H and O–H groups in total. The summed E-state index contributed by atoms with van der Waals surface area (Å²) in [5.41, 5.74) is 2.23. The van der Waals surface area contributed by atoms with Crippen molar-refractivity contribution in [2.24, 2.45) is 5.92 Å². The van der Waals surface area contributed by atoms with E-state index in [4.69, 9.17) is 4.74 Å². The van der Waals surface area contributed by atoms with E-state index in [9.17, 15) is 25.2 Å². The van der Waals surface area contributed by atoms with Gasteiger partial charge in [-0.3, -0.25) is 4.79 Å². The van der Waals surface area contributed by atoms with Crippen LogP contribution in [0.1, 0.15) is 48.7 Å². The molecule has 0 spiro atoms. The number of aromatic hydroxyl groups is 4. The Morgan fingerprint density at radius 1 is 1.06 bits per heavy atom. The van der Waals surface area contributed by atoms with Gasteiger partial charge in [-0.05, 0) is 63.8 Å². The Morgan fingerprint density at radius 3 is 2.31 bits per heavy atom. The summed E-state index contributed by atoms with van der Waals surface area (Å²) in [5, 5.41) is 41.4. The van der Waals surface area contributed by atoms with Crippen LogP contribution in [0, 0.1) is 5.92 Å². The van der Waals surface area contributed by atoms with Crippen molar-refractivity contribution in [2.45, 2.75) is 33.6 Å². The molecule has 2 aromatic rings. The van der Waals surface area contributed by atoms with E-state index in [1.807, 2.05) is 26.8 Å². The van der Waals surface area contributed by atoms with Crippen molar-refractivity contribution in [3.63, 3.8) is 0 Å². The van der Waals surface area contributed by atoms with E-state index in [0.717, 1.165) is 23.3 Å². The molecule has 2 rings (SSSR count). The van der Waals surface area contributed by atoms with Crippen LogP contribution in [-0.4, -0.2) is 33.3 Å². The summed E-state index contributed by atoms with van der Waals surface area (Å²) in [5.74, 6) is -1.67. The Morgan fingerprint density at radius 2 is 1.75 bits per heavy atom. The zero-order valence-corrected chi connectivity index (χ0v) is 18.8. The maximum Gasteiger partial charge on any atom is 0.193 e. The number of rotatable bonds is 9. The molecule has 1 unspecified atom stereocenters. The second-order valence-electron chi connectivity index (χ2n) is 8.00. The van der Waals surface area contributed by atoms with E-state index >= 15 is 0 Å². The van der Waals surface area contributed by atoms with Gasteiger partial charge < -0.3 is 25.2 Å². The van der Waals surface area contributed by atoms with Crippen molar-refractivity contribution in [1.82, 2.24) is 0 Å². The van der Waals surface area contributed by atoms with Crippen molar-refractivity contribution in [2.75, 3.05) is 7.11 Å². The lowest BCUT2D eigenvalue weighted by Crippen LogP contribution is -2.07. The number of allylic oxidation sites excluding steroid dienone is 4. The van der Waals surface area contributed by atoms with Crippen molar-refractivity contribution >= 4 is 11.9 Å². The smallest absolute Gasteiger partial charge is 0.193 e. The van der Waals surface area contributed by atoms with Gasteiger partial charge in [0.2, 0.25) is 0 Å². The lowest BCUT2D eigenvalue weighted by Gasteiger charge is -2.19. The molecule has 0 radical (unpaired) electrons. The Labute approximate surface area is 188 Å². The van der Waals surface area contributed by atoms with Crippen LogP contribution in [0.5, 0.6) is 28.7 Å². The van der Waals surface area contributed by atoms with Gasteiger partial charge in [-0.2, -0.15) is 0 Å². The van der Waals surface area contributed by atoms with Gasteiger partial charge in [-0.1, -0.05) is 23.8 Å². The highest BCUT2D eigenvalue weighted by Gasteiger charge is 2.24. The molecule has 0 aliphatic heterocycles. The van der Waals surface area contributed by atoms with Crippen LogP contribution < -0.4 is 4.74 Å². The zero-order chi connectivity index (χ0) is 24.0. The van der Waals surface area contributed by atoms with E-state index in [0.29, 0.717) is 17.7 Å². The van der Waals surface area contributed by atoms with Gasteiger partial charge in [0.1, 0.15) is 34.3 Å². The second kappa shape index (κ2) is 10.6. The van der Waals surface area contributed by atoms with Crippen LogP contribution in [0.15, 0.2) is 54.1 Å². The number of carbonyl (C=O) groups excluding carboxylic acids is 1. The molecule has 32 heavy (non-hydrogen) atoms. The first-order valence-electron chi connectivity index (χ1n) is 10.2. The SMILES string of the molecule is C=C(C)C(CC=C(C)C)Cc1c(O)cc(O)c(C(=O)C=Cc2ccc(OC)cc2O)c1O. The molecule has 0 heterocycles. The van der Waals surface area contributed by atoms with Crippen molar-refractivity contribution in [1.29, 1.82) is 0 Å². The maximum absolute atomic E-state index is 12.8. The van der Waals surface area contributed by atoms with Crippen molar-refractivity contribution in [3.05, 3.63) is 70.8 Å². The summed E-state index contributed by atoms with van der Waals surface area (Å²) in [6.45, 7) is 9.83. The first-order chi connectivity index (χ1) is 15.0. The van der Waals surface area contributed by atoms with Crippen LogP contribution in [-0.2, 0) is 6.42 Å². The van der Waals surface area contributed by atoms with Crippen LogP contribution in [0.4, 0.5) is 0 Å². The van der Waals surface area contributed by atoms with Crippen LogP contribution in [0.3, 0.4) is 0 Å². The number of phenols is 4. The van der Waals surface area contributed by atoms with Crippen molar-refractivity contribution < 1.29 is 30.0 Å². The summed E-state index contributed by atoms with van der Waals surface area (Å²) in [6.07, 6.45) is 5.46. The van der Waals surface area contributed by atoms with Crippen LogP contribution >= 0.6 is 0 Å². The molecule has 0 bridgehead atoms. The van der Waals surface area contributed by atoms with E-state index in [1.165, 1.54) is 19.3 Å². The number of ketones is 1. The van der Waals surface area contributed by atoms with Gasteiger partial charge in [-0.25, -0.2) is 0 Å². The van der Waals surface area contributed by atoms with Gasteiger partial charge in [-0.15, -0.1) is 0 Å². The molecule has 0 fully saturated rings. The average molecular weight is 439 g/mol. The topological polar surface area (TPSA) is 107 Å². The molecule has 0 aromatic heterocycles. The Balaban J connectivity index is 2.39. The van der Waals surface area contributed by atoms with Gasteiger partial charge in [0.25, 0.3) is 0 Å². The van der Waals surface area contributed by atoms with Gasteiger partial charge in [0, 0.05) is 23.3 Å². The largest absolute Gasteiger partial charge is 0.507 e. The molecular weight excluding hydrogens is 408 g/mol. The first-order valence-corrected chi connectivity index (χ1v) is 10.2. The summed E-state index contributed by atoms with van der Waals surface area (Å²) >= 11 is 0. The highest BCUT2D eigenvalue weighted by molar-refractivity contribution is 6.11. The van der Waals surface area contributed by atoms with E-state index in [1.54, 1.807) is 12.1 Å². The van der Waals surface area contributed by atoms with Crippen LogP contribution in [0.2, 0.25) is 0 Å². The molecule has 0 saturated carbocycles. The van der Waals surface area contributed by atoms with Gasteiger partial charge in [0.15, 0.2) is 5.78 Å². The predicted molar refractivity (Wildman–Crippen MR) is 126 cm³/mol. The average Bonchev–Trinajstić information content (AvgIpc) is 2.71. The number of benzene rings is 2. The molecule has 1 atom stereocenters. The predicted octanol–water partition coefficient (Wildman–Crippen LogP) is 5.50. The van der Waals surface area contributed by atoms with Crippen LogP contribution in [0.25, 0.3) is 6.08 Å². The number of phenolic OH excluding ortho intramolecular Hbond substituents is 4. The molecule has 2 aromatic carbocycles. The quantitative estimate of drug-likeness (QED) is 0.234. The molecule has 0 aliphatic rings. The summed E-state index contributed by atoms with van der Waals surface area (Å²) in [6, 6.07) is 5.65. The fourth-order valence-corrected chi connectivity index (χ4v) is 3.25. The lowest BCUT2D eigenvalue weighted by atomic mass is 9.88. The fourth-order valence-electron chi connectivity index (χ4n) is 3.25. The number of hydrogen-bond donors (Lipinski definition) is 4. The monoisotopic (exact) mass is 438 g/mol. The third kappa shape index (κ3) is 5.94. The first kappa shape index (κ1) is 24.6. The second-order valence-corrected chi connectivity index (χ2v) is 8.00. The van der Waals surface area contributed by atoms with E-state index in [2.05, 4.69) is 6.58 Å². The summed E-state index contributed by atoms with van der Waals surface area (Å²) in [4.78, 5) is 12.8. The molecule has 6 nitrogen and oxygen atoms in total. The molecule has 0 amide bonds. The maximum atomic E-state index is 12.8. The molecule has 0 saturated heterocycles. The summed E-state index contributed by atoms with van der Waals surface area (Å²) < 4.78 is 5.03. The van der Waals surface area contributed by atoms with Gasteiger partial charge in [0.05, 0.1) is 7.11 Å². The Kier molecular flexibility index (Phi) is 8.13. The zero-order valence-electron chi connectivity index (χ0n) is 18.8. The highest BCUT2D eigenvalue weighted by Crippen LogP contribution is 2.40. The number of ether oxygens (including phenoxy) is 1. The number of hydrogen-bond acceptors (Lipinski definition) is 6. The minimum Gasteiger partial charge on any atom is -0.507 e. The molecule has 6 heteroatoms. The minimum atomic E-state index is -0.673. The summed E-state index contributed by atoms with van der Waals surface area (Å²) in [7, 11) is 1.47. The normalized spacial score (nSPS) is 11.9. The van der Waals surface area contributed by atoms with E-state index < -0.39 is 17.3 Å². The van der Waals surface area contributed by atoms with Gasteiger partial charge >= 0.3 is 0 Å². The lowest BCUT2D eigenvalue weighted by molar-refractivity contribution is 0.104. The molecule has 170 valence electrons. The van der Waals surface area contributed by atoms with E-state index in [-0.39, 0.29) is 35.0 Å². The third-order valence-electron chi connectivity index (χ3n) is 5.22. The molecular formula is C26H30O6. The number of methoxy groups -OCH3 is 1. The minimum absolute atomic E-state index is 0.0685. The standard InChI is InChI=1S/C26H30O6/c1-15(2)6-7-18(16(3)4)12-20-23(29)14-24(30)25(26(20)31)21(27)11-9-17-8-10-19(32-5)13-22(17)28/h6,8-11,13-14,18,28-31H,3,7,12H2,1-2,4-5H3. The highest BCUT2D eigenvalue weighted by atomic mass is 16.5. The fraction of sp³-hybridized carbons (Fsp3) is 0.269.